The Bertz CT molecular complexity index is 744. The van der Waals surface area contributed by atoms with Gasteiger partial charge >= 0.3 is 0 Å². The minimum Gasteiger partial charge on any atom is -0.494 e. The van der Waals surface area contributed by atoms with Crippen LogP contribution >= 0.6 is 31.9 Å². The highest BCUT2D eigenvalue weighted by molar-refractivity contribution is 9.11. The fourth-order valence-corrected chi connectivity index (χ4v) is 4.60. The van der Waals surface area contributed by atoms with Crippen LogP contribution in [0.25, 0.3) is 11.3 Å². The number of fused-ring (bicyclic) bond motifs is 3. The number of hydrogen-bond acceptors (Lipinski definition) is 4. The van der Waals surface area contributed by atoms with Crippen molar-refractivity contribution in [1.82, 2.24) is 9.97 Å². The molecule has 0 radical (unpaired) electrons. The average molecular weight is 413 g/mol. The van der Waals surface area contributed by atoms with Crippen LogP contribution in [0.4, 0.5) is 5.82 Å². The maximum Gasteiger partial charge on any atom is 0.147 e. The number of anilines is 1. The number of rotatable bonds is 1. The van der Waals surface area contributed by atoms with Crippen molar-refractivity contribution < 1.29 is 4.74 Å². The molecule has 1 aliphatic rings. The van der Waals surface area contributed by atoms with Crippen LogP contribution in [0.1, 0.15) is 25.0 Å². The van der Waals surface area contributed by atoms with Crippen molar-refractivity contribution in [3.05, 3.63) is 32.5 Å². The molecule has 1 aromatic heterocycles. The lowest BCUT2D eigenvalue weighted by Gasteiger charge is -2.34. The number of halogens is 2. The lowest BCUT2D eigenvalue weighted by molar-refractivity contribution is 0.407. The van der Waals surface area contributed by atoms with Crippen molar-refractivity contribution in [3.63, 3.8) is 0 Å². The van der Waals surface area contributed by atoms with E-state index >= 15 is 0 Å². The van der Waals surface area contributed by atoms with Crippen molar-refractivity contribution in [3.8, 4) is 17.0 Å². The number of nitrogens with two attached hydrogens (primary N) is 1. The molecule has 110 valence electrons. The molecular formula is C15H15Br2N3O. The van der Waals surface area contributed by atoms with Crippen LogP contribution < -0.4 is 10.5 Å². The maximum atomic E-state index is 6.11. The van der Waals surface area contributed by atoms with E-state index in [-0.39, 0.29) is 5.41 Å². The van der Waals surface area contributed by atoms with E-state index in [0.29, 0.717) is 5.82 Å². The van der Waals surface area contributed by atoms with Crippen molar-refractivity contribution in [1.29, 1.82) is 0 Å². The quantitative estimate of drug-likeness (QED) is 0.765. The number of nitrogen functional groups attached to an aromatic ring is 1. The summed E-state index contributed by atoms with van der Waals surface area (Å²) in [7, 11) is 1.67. The van der Waals surface area contributed by atoms with Crippen LogP contribution in [-0.2, 0) is 11.8 Å². The smallest absolute Gasteiger partial charge is 0.147 e. The standard InChI is InChI=1S/C15H15Br2N3O/c1-15(2)5-8-7(4-9(16)13(21-3)11(8)17)12-10(15)14(18)20-6-19-12/h4,6H,5H2,1-3H3,(H2,18,19,20). The largest absolute Gasteiger partial charge is 0.494 e. The third-order valence-electron chi connectivity index (χ3n) is 3.91. The Kier molecular flexibility index (Phi) is 3.48. The molecule has 1 heterocycles. The van der Waals surface area contributed by atoms with Crippen molar-refractivity contribution >= 4 is 37.7 Å². The first-order valence-corrected chi connectivity index (χ1v) is 8.11. The summed E-state index contributed by atoms with van der Waals surface area (Å²) in [6, 6.07) is 2.04. The summed E-state index contributed by atoms with van der Waals surface area (Å²) in [5, 5.41) is 0. The summed E-state index contributed by atoms with van der Waals surface area (Å²) in [4.78, 5) is 8.64. The van der Waals surface area contributed by atoms with Crippen LogP contribution in [0.5, 0.6) is 5.75 Å². The fraction of sp³-hybridized carbons (Fsp3) is 0.333. The molecule has 0 saturated heterocycles. The van der Waals surface area contributed by atoms with Gasteiger partial charge in [-0.1, -0.05) is 13.8 Å². The van der Waals surface area contributed by atoms with E-state index in [2.05, 4.69) is 55.7 Å². The van der Waals surface area contributed by atoms with Crippen LogP contribution in [0.3, 0.4) is 0 Å². The van der Waals surface area contributed by atoms with Crippen LogP contribution in [0, 0.1) is 0 Å². The van der Waals surface area contributed by atoms with Gasteiger partial charge in [-0.3, -0.25) is 0 Å². The predicted octanol–water partition coefficient (Wildman–Crippen LogP) is 4.09. The molecule has 2 N–H and O–H groups in total. The van der Waals surface area contributed by atoms with Gasteiger partial charge in [-0.15, -0.1) is 0 Å². The number of ether oxygens (including phenoxy) is 1. The van der Waals surface area contributed by atoms with Crippen molar-refractivity contribution in [2.45, 2.75) is 25.7 Å². The summed E-state index contributed by atoms with van der Waals surface area (Å²) in [5.74, 6) is 1.36. The molecule has 0 aliphatic heterocycles. The summed E-state index contributed by atoms with van der Waals surface area (Å²) < 4.78 is 7.32. The van der Waals surface area contributed by atoms with E-state index in [1.165, 1.54) is 11.9 Å². The van der Waals surface area contributed by atoms with Crippen LogP contribution in [0.15, 0.2) is 21.3 Å². The first-order valence-electron chi connectivity index (χ1n) is 6.53. The highest BCUT2D eigenvalue weighted by atomic mass is 79.9. The monoisotopic (exact) mass is 411 g/mol. The molecule has 1 aliphatic carbocycles. The Labute approximate surface area is 140 Å². The second-order valence-electron chi connectivity index (χ2n) is 5.77. The van der Waals surface area contributed by atoms with Gasteiger partial charge in [0.1, 0.15) is 17.9 Å². The Morgan fingerprint density at radius 2 is 2.00 bits per heavy atom. The lowest BCUT2D eigenvalue weighted by Crippen LogP contribution is -2.28. The lowest BCUT2D eigenvalue weighted by atomic mass is 9.72. The average Bonchev–Trinajstić information content (AvgIpc) is 2.41. The normalized spacial score (nSPS) is 15.3. The molecule has 0 spiro atoms. The van der Waals surface area contributed by atoms with E-state index in [1.54, 1.807) is 7.11 Å². The van der Waals surface area contributed by atoms with E-state index in [4.69, 9.17) is 10.5 Å². The Hall–Kier alpha value is -1.14. The van der Waals surface area contributed by atoms with Crippen LogP contribution in [-0.4, -0.2) is 17.1 Å². The maximum absolute atomic E-state index is 6.11. The van der Waals surface area contributed by atoms with Crippen molar-refractivity contribution in [2.75, 3.05) is 12.8 Å². The first kappa shape index (κ1) is 14.8. The second-order valence-corrected chi connectivity index (χ2v) is 7.42. The zero-order valence-corrected chi connectivity index (χ0v) is 15.2. The Balaban J connectivity index is 2.39. The molecule has 0 amide bonds. The summed E-state index contributed by atoms with van der Waals surface area (Å²) in [5.41, 5.74) is 10.1. The first-order chi connectivity index (χ1) is 9.86. The molecule has 4 nitrogen and oxygen atoms in total. The molecule has 0 atom stereocenters. The fourth-order valence-electron chi connectivity index (χ4n) is 3.01. The Morgan fingerprint density at radius 1 is 1.29 bits per heavy atom. The number of nitrogens with zero attached hydrogens (tertiary/aromatic N) is 2. The number of methoxy groups -OCH3 is 1. The predicted molar refractivity (Wildman–Crippen MR) is 90.6 cm³/mol. The summed E-state index contributed by atoms with van der Waals surface area (Å²) in [6.07, 6.45) is 2.36. The zero-order valence-electron chi connectivity index (χ0n) is 12.0. The molecule has 21 heavy (non-hydrogen) atoms. The zero-order chi connectivity index (χ0) is 15.4. The second kappa shape index (κ2) is 4.95. The molecule has 6 heteroatoms. The number of benzene rings is 1. The van der Waals surface area contributed by atoms with E-state index in [9.17, 15) is 0 Å². The molecule has 0 bridgehead atoms. The van der Waals surface area contributed by atoms with Gasteiger partial charge in [0.2, 0.25) is 0 Å². The minimum absolute atomic E-state index is 0.130. The van der Waals surface area contributed by atoms with Crippen molar-refractivity contribution in [2.24, 2.45) is 0 Å². The van der Waals surface area contributed by atoms with Gasteiger partial charge in [0.25, 0.3) is 0 Å². The molecule has 2 aromatic rings. The Morgan fingerprint density at radius 3 is 2.67 bits per heavy atom. The molecular weight excluding hydrogens is 398 g/mol. The van der Waals surface area contributed by atoms with E-state index < -0.39 is 0 Å². The number of aromatic nitrogens is 2. The SMILES string of the molecule is COc1c(Br)cc2c(c1Br)CC(C)(C)c1c(N)ncnc1-2. The highest BCUT2D eigenvalue weighted by Gasteiger charge is 2.36. The van der Waals surface area contributed by atoms with Gasteiger partial charge in [-0.2, -0.15) is 0 Å². The molecule has 0 fully saturated rings. The molecule has 1 aromatic carbocycles. The van der Waals surface area contributed by atoms with Gasteiger partial charge in [0.15, 0.2) is 0 Å². The van der Waals surface area contributed by atoms with Gasteiger partial charge in [0, 0.05) is 11.1 Å². The molecule has 0 unspecified atom stereocenters. The summed E-state index contributed by atoms with van der Waals surface area (Å²) >= 11 is 7.23. The van der Waals surface area contributed by atoms with E-state index in [0.717, 1.165) is 37.9 Å². The molecule has 0 saturated carbocycles. The minimum atomic E-state index is -0.130. The van der Waals surface area contributed by atoms with Gasteiger partial charge < -0.3 is 10.5 Å². The highest BCUT2D eigenvalue weighted by Crippen LogP contribution is 2.50. The van der Waals surface area contributed by atoms with E-state index in [1.807, 2.05) is 6.07 Å². The summed E-state index contributed by atoms with van der Waals surface area (Å²) in [6.45, 7) is 4.32. The number of hydrogen-bond donors (Lipinski definition) is 1. The third-order valence-corrected chi connectivity index (χ3v) is 5.34. The van der Waals surface area contributed by atoms with Gasteiger partial charge in [0.05, 0.1) is 21.7 Å². The van der Waals surface area contributed by atoms with Gasteiger partial charge in [-0.05, 0) is 55.3 Å². The molecule has 3 rings (SSSR count). The topological polar surface area (TPSA) is 61.0 Å². The van der Waals surface area contributed by atoms with Crippen LogP contribution in [0.2, 0.25) is 0 Å². The van der Waals surface area contributed by atoms with Gasteiger partial charge in [-0.25, -0.2) is 9.97 Å². The third kappa shape index (κ3) is 2.16.